The number of carbonyl (C=O) groups is 1. The number of carbonyl (C=O) groups excluding carboxylic acids is 1. The molecule has 0 saturated carbocycles. The van der Waals surface area contributed by atoms with Crippen molar-refractivity contribution in [2.45, 2.75) is 57.3 Å². The SMILES string of the molecule is COc1cc(O)cc2c1-c1ccc3c4c1[C@@H](CSSCc1cc(O)c(OCCNCCC(C)C)cc1[C@@H](O4)[C@H]3COC(C)=O)C2. The van der Waals surface area contributed by atoms with Crippen molar-refractivity contribution < 1.29 is 34.0 Å². The fourth-order valence-corrected chi connectivity index (χ4v) is 9.03. The second kappa shape index (κ2) is 13.6. The normalized spacial score (nSPS) is 19.6. The van der Waals surface area contributed by atoms with Crippen LogP contribution in [0.4, 0.5) is 0 Å². The van der Waals surface area contributed by atoms with Crippen LogP contribution in [0.5, 0.6) is 28.7 Å². The second-order valence-corrected chi connectivity index (χ2v) is 14.8. The minimum Gasteiger partial charge on any atom is -0.508 e. The first kappa shape index (κ1) is 31.8. The number of hydrogen-bond acceptors (Lipinski definition) is 10. The van der Waals surface area contributed by atoms with Gasteiger partial charge < -0.3 is 34.5 Å². The van der Waals surface area contributed by atoms with Gasteiger partial charge >= 0.3 is 5.97 Å². The van der Waals surface area contributed by atoms with Crippen LogP contribution in [0.3, 0.4) is 0 Å². The first-order valence-electron chi connectivity index (χ1n) is 15.6. The summed E-state index contributed by atoms with van der Waals surface area (Å²) in [6.45, 7) is 8.01. The van der Waals surface area contributed by atoms with E-state index in [0.717, 1.165) is 69.8 Å². The molecule has 8 nitrogen and oxygen atoms in total. The lowest BCUT2D eigenvalue weighted by atomic mass is 9.77. The van der Waals surface area contributed by atoms with Gasteiger partial charge in [0.15, 0.2) is 11.5 Å². The van der Waals surface area contributed by atoms with Gasteiger partial charge in [-0.3, -0.25) is 4.79 Å². The number of methoxy groups -OCH3 is 1. The monoisotopic (exact) mass is 651 g/mol. The van der Waals surface area contributed by atoms with E-state index >= 15 is 0 Å². The van der Waals surface area contributed by atoms with E-state index in [-0.39, 0.29) is 35.9 Å². The topological polar surface area (TPSA) is 106 Å². The van der Waals surface area contributed by atoms with E-state index in [2.05, 4.69) is 31.3 Å². The molecule has 0 saturated heterocycles. The standard InChI is InChI=1S/C35H41NO7S2/c1-19(2)7-8-36-9-10-41-30-15-27-22(13-29(30)39)17-44-45-18-23-11-21-12-24(38)14-31(40-4)32(21)26-6-5-25-28(16-42-20(3)37)34(27)43-35(25)33(23)26/h5-6,12-15,19,23,28,34,36,38-39H,7-11,16-18H2,1-4H3/t23-,28+,34-/m1/s1. The van der Waals surface area contributed by atoms with Crippen LogP contribution < -0.4 is 19.5 Å². The van der Waals surface area contributed by atoms with Crippen molar-refractivity contribution in [1.29, 1.82) is 0 Å². The molecule has 1 aliphatic carbocycles. The molecule has 3 atom stereocenters. The molecule has 3 N–H and O–H groups in total. The summed E-state index contributed by atoms with van der Waals surface area (Å²) in [6.07, 6.45) is 1.38. The fourth-order valence-electron chi connectivity index (χ4n) is 6.61. The van der Waals surface area contributed by atoms with Crippen LogP contribution in [0, 0.1) is 5.92 Å². The van der Waals surface area contributed by atoms with E-state index in [1.807, 2.05) is 12.1 Å². The Bertz CT molecular complexity index is 1580. The molecule has 0 fully saturated rings. The largest absolute Gasteiger partial charge is 0.508 e. The maximum atomic E-state index is 12.0. The molecule has 3 aromatic carbocycles. The Morgan fingerprint density at radius 2 is 1.91 bits per heavy atom. The highest BCUT2D eigenvalue weighted by atomic mass is 33.1. The lowest BCUT2D eigenvalue weighted by Gasteiger charge is -2.30. The van der Waals surface area contributed by atoms with E-state index in [1.165, 1.54) is 6.92 Å². The van der Waals surface area contributed by atoms with Crippen LogP contribution in [0.15, 0.2) is 36.4 Å². The zero-order valence-corrected chi connectivity index (χ0v) is 27.8. The molecule has 240 valence electrons. The number of esters is 1. The minimum absolute atomic E-state index is 0.101. The number of aromatic hydroxyl groups is 2. The summed E-state index contributed by atoms with van der Waals surface area (Å²) in [5.41, 5.74) is 7.06. The molecule has 2 aliphatic heterocycles. The maximum absolute atomic E-state index is 12.0. The third-order valence-electron chi connectivity index (χ3n) is 8.76. The van der Waals surface area contributed by atoms with Crippen LogP contribution in [0.1, 0.15) is 72.9 Å². The van der Waals surface area contributed by atoms with Gasteiger partial charge in [0.2, 0.25) is 0 Å². The van der Waals surface area contributed by atoms with E-state index in [9.17, 15) is 15.0 Å². The molecule has 3 aliphatic rings. The smallest absolute Gasteiger partial charge is 0.302 e. The molecular formula is C35H41NO7S2. The van der Waals surface area contributed by atoms with E-state index in [0.29, 0.717) is 36.3 Å². The fraction of sp³-hybridized carbons (Fsp3) is 0.457. The number of benzene rings is 3. The number of nitrogens with one attached hydrogen (secondary N) is 1. The Morgan fingerprint density at radius 3 is 2.69 bits per heavy atom. The van der Waals surface area contributed by atoms with Crippen molar-refractivity contribution in [1.82, 2.24) is 5.32 Å². The summed E-state index contributed by atoms with van der Waals surface area (Å²) in [7, 11) is 5.17. The lowest BCUT2D eigenvalue weighted by molar-refractivity contribution is -0.141. The molecule has 0 aromatic heterocycles. The molecule has 3 aromatic rings. The van der Waals surface area contributed by atoms with Gasteiger partial charge in [0.05, 0.1) is 13.0 Å². The quantitative estimate of drug-likeness (QED) is 0.119. The lowest BCUT2D eigenvalue weighted by Crippen LogP contribution is -2.23. The van der Waals surface area contributed by atoms with Crippen LogP contribution in [0.25, 0.3) is 11.1 Å². The van der Waals surface area contributed by atoms with E-state index in [1.54, 1.807) is 40.8 Å². The number of fused-ring (bicyclic) bond motifs is 5. The van der Waals surface area contributed by atoms with Crippen molar-refractivity contribution in [2.24, 2.45) is 5.92 Å². The molecule has 10 heteroatoms. The van der Waals surface area contributed by atoms with Gasteiger partial charge in [-0.05, 0) is 60.2 Å². The zero-order chi connectivity index (χ0) is 31.7. The molecule has 6 rings (SSSR count). The number of phenols is 2. The van der Waals surface area contributed by atoms with Gasteiger partial charge in [-0.25, -0.2) is 0 Å². The summed E-state index contributed by atoms with van der Waals surface area (Å²) in [5.74, 6) is 3.82. The van der Waals surface area contributed by atoms with E-state index in [4.69, 9.17) is 18.9 Å². The third-order valence-corrected chi connectivity index (χ3v) is 11.2. The Hall–Kier alpha value is -3.21. The van der Waals surface area contributed by atoms with Gasteiger partial charge in [-0.2, -0.15) is 0 Å². The maximum Gasteiger partial charge on any atom is 0.302 e. The molecule has 0 unspecified atom stereocenters. The predicted molar refractivity (Wildman–Crippen MR) is 179 cm³/mol. The summed E-state index contributed by atoms with van der Waals surface area (Å²) in [6, 6.07) is 11.4. The number of hydrogen-bond donors (Lipinski definition) is 3. The summed E-state index contributed by atoms with van der Waals surface area (Å²) in [5, 5.41) is 24.9. The first-order chi connectivity index (χ1) is 21.7. The van der Waals surface area contributed by atoms with Crippen molar-refractivity contribution in [2.75, 3.05) is 39.2 Å². The Morgan fingerprint density at radius 1 is 1.07 bits per heavy atom. The minimum atomic E-state index is -0.444. The van der Waals surface area contributed by atoms with Gasteiger partial charge in [0, 0.05) is 59.2 Å². The summed E-state index contributed by atoms with van der Waals surface area (Å²) in [4.78, 5) is 12.0. The molecule has 45 heavy (non-hydrogen) atoms. The molecule has 0 radical (unpaired) electrons. The molecular weight excluding hydrogens is 611 g/mol. The van der Waals surface area contributed by atoms with Crippen LogP contribution >= 0.6 is 21.6 Å². The number of phenolic OH excluding ortho intramolecular Hbond substituents is 2. The highest BCUT2D eigenvalue weighted by molar-refractivity contribution is 8.76. The molecule has 0 spiro atoms. The first-order valence-corrected chi connectivity index (χ1v) is 18.0. The second-order valence-electron chi connectivity index (χ2n) is 12.3. The van der Waals surface area contributed by atoms with Gasteiger partial charge in [0.25, 0.3) is 0 Å². The van der Waals surface area contributed by atoms with E-state index < -0.39 is 6.10 Å². The number of rotatable bonds is 10. The summed E-state index contributed by atoms with van der Waals surface area (Å²) >= 11 is 0. The molecule has 2 bridgehead atoms. The molecule has 2 heterocycles. The van der Waals surface area contributed by atoms with Crippen LogP contribution in [-0.4, -0.2) is 55.3 Å². The van der Waals surface area contributed by atoms with Gasteiger partial charge in [-0.15, -0.1) is 0 Å². The summed E-state index contributed by atoms with van der Waals surface area (Å²) < 4.78 is 24.4. The van der Waals surface area contributed by atoms with Gasteiger partial charge in [-0.1, -0.05) is 47.6 Å². The van der Waals surface area contributed by atoms with Crippen molar-refractivity contribution >= 4 is 27.6 Å². The highest BCUT2D eigenvalue weighted by Crippen LogP contribution is 2.58. The average Bonchev–Trinajstić information content (AvgIpc) is 3.36. The zero-order valence-electron chi connectivity index (χ0n) is 26.2. The average molecular weight is 652 g/mol. The predicted octanol–water partition coefficient (Wildman–Crippen LogP) is 7.10. The van der Waals surface area contributed by atoms with Gasteiger partial charge in [0.1, 0.15) is 36.6 Å². The van der Waals surface area contributed by atoms with Crippen LogP contribution in [0.2, 0.25) is 0 Å². The Balaban J connectivity index is 1.41. The number of ether oxygens (including phenoxy) is 4. The Kier molecular flexibility index (Phi) is 9.63. The van der Waals surface area contributed by atoms with Crippen molar-refractivity contribution in [3.05, 3.63) is 64.2 Å². The highest BCUT2D eigenvalue weighted by Gasteiger charge is 2.43. The van der Waals surface area contributed by atoms with Crippen molar-refractivity contribution in [3.63, 3.8) is 0 Å². The third kappa shape index (κ3) is 6.55. The van der Waals surface area contributed by atoms with Crippen molar-refractivity contribution in [3.8, 4) is 39.9 Å². The molecule has 0 amide bonds. The van der Waals surface area contributed by atoms with Crippen LogP contribution in [-0.2, 0) is 21.7 Å². The Labute approximate surface area is 272 Å².